The molecule has 0 bridgehead atoms. The summed E-state index contributed by atoms with van der Waals surface area (Å²) in [5.74, 6) is -0.361. The van der Waals surface area contributed by atoms with Gasteiger partial charge in [0, 0.05) is 30.4 Å². The summed E-state index contributed by atoms with van der Waals surface area (Å²) < 4.78 is 15.1. The summed E-state index contributed by atoms with van der Waals surface area (Å²) in [5, 5.41) is 1.63. The van der Waals surface area contributed by atoms with E-state index in [0.717, 1.165) is 15.4 Å². The molecule has 11 heteroatoms. The number of hydrogen-bond donors (Lipinski definition) is 1. The topological polar surface area (TPSA) is 88.2 Å². The highest BCUT2D eigenvalue weighted by Crippen LogP contribution is 2.42. The van der Waals surface area contributed by atoms with Crippen LogP contribution >= 0.6 is 34.5 Å². The van der Waals surface area contributed by atoms with Crippen LogP contribution in [0.25, 0.3) is 21.8 Å². The van der Waals surface area contributed by atoms with Gasteiger partial charge in [0.25, 0.3) is 0 Å². The summed E-state index contributed by atoms with van der Waals surface area (Å²) >= 11 is 13.7. The molecule has 0 unspecified atom stereocenters. The number of benzene rings is 2. The predicted octanol–water partition coefficient (Wildman–Crippen LogP) is 7.04. The SMILES string of the molecule is CC(C)(C)c1nc(-c2ccnc(N)n2)c(-c2ccc(F)c(N3CCN(c4ccc(Cl)c(Cl)c4)C3=O)c2)s1. The van der Waals surface area contributed by atoms with Crippen molar-refractivity contribution >= 4 is 57.9 Å². The first kappa shape index (κ1) is 25.4. The van der Waals surface area contributed by atoms with Crippen molar-refractivity contribution in [3.05, 3.63) is 69.5 Å². The molecule has 4 aromatic rings. The summed E-state index contributed by atoms with van der Waals surface area (Å²) in [4.78, 5) is 30.3. The molecule has 1 saturated heterocycles. The third-order valence-corrected chi connectivity index (χ3v) is 8.18. The maximum atomic E-state index is 15.1. The van der Waals surface area contributed by atoms with E-state index in [1.54, 1.807) is 47.5 Å². The number of hydrogen-bond acceptors (Lipinski definition) is 6. The number of nitrogens with zero attached hydrogens (tertiary/aromatic N) is 5. The molecule has 1 fully saturated rings. The van der Waals surface area contributed by atoms with Gasteiger partial charge in [0.1, 0.15) is 11.5 Å². The first-order chi connectivity index (χ1) is 17.5. The number of aromatic nitrogens is 3. The zero-order valence-corrected chi connectivity index (χ0v) is 22.6. The number of urea groups is 1. The molecular formula is C26H23Cl2FN6OS. The Hall–Kier alpha value is -3.27. The van der Waals surface area contributed by atoms with Crippen molar-refractivity contribution in [2.75, 3.05) is 28.6 Å². The zero-order valence-electron chi connectivity index (χ0n) is 20.3. The highest BCUT2D eigenvalue weighted by molar-refractivity contribution is 7.15. The molecule has 0 spiro atoms. The third kappa shape index (κ3) is 4.86. The van der Waals surface area contributed by atoms with E-state index < -0.39 is 5.82 Å². The van der Waals surface area contributed by atoms with E-state index >= 15 is 4.39 Å². The average molecular weight is 557 g/mol. The number of anilines is 3. The average Bonchev–Trinajstić information content (AvgIpc) is 3.46. The molecule has 7 nitrogen and oxygen atoms in total. The Morgan fingerprint density at radius 1 is 1.00 bits per heavy atom. The minimum Gasteiger partial charge on any atom is -0.368 e. The second-order valence-corrected chi connectivity index (χ2v) is 11.4. The van der Waals surface area contributed by atoms with Gasteiger partial charge in [-0.15, -0.1) is 11.3 Å². The highest BCUT2D eigenvalue weighted by Gasteiger charge is 2.33. The van der Waals surface area contributed by atoms with Crippen molar-refractivity contribution in [1.29, 1.82) is 0 Å². The van der Waals surface area contributed by atoms with Crippen molar-refractivity contribution < 1.29 is 9.18 Å². The molecule has 2 amide bonds. The number of carbonyl (C=O) groups is 1. The number of amides is 2. The first-order valence-corrected chi connectivity index (χ1v) is 13.0. The fourth-order valence-electron chi connectivity index (χ4n) is 4.03. The standard InChI is InChI=1S/C26H23Cl2FN6OS/c1-26(2,3)23-33-21(19-8-9-31-24(30)32-19)22(37-23)14-4-7-18(29)20(12-14)35-11-10-34(25(35)36)15-5-6-16(27)17(28)13-15/h4-9,12-13H,10-11H2,1-3H3,(H2,30,31,32). The lowest BCUT2D eigenvalue weighted by Gasteiger charge is -2.20. The third-order valence-electron chi connectivity index (χ3n) is 5.91. The molecule has 1 aliphatic rings. The Labute approximate surface area is 227 Å². The molecule has 0 aliphatic carbocycles. The lowest BCUT2D eigenvalue weighted by atomic mass is 9.98. The molecule has 190 valence electrons. The molecule has 2 aromatic heterocycles. The summed E-state index contributed by atoms with van der Waals surface area (Å²) in [6.07, 6.45) is 1.58. The van der Waals surface area contributed by atoms with Crippen LogP contribution in [0.4, 0.5) is 26.5 Å². The van der Waals surface area contributed by atoms with E-state index in [2.05, 4.69) is 30.7 Å². The van der Waals surface area contributed by atoms with Gasteiger partial charge in [-0.3, -0.25) is 9.80 Å². The van der Waals surface area contributed by atoms with E-state index in [1.165, 1.54) is 22.3 Å². The van der Waals surface area contributed by atoms with Gasteiger partial charge in [0.2, 0.25) is 5.95 Å². The maximum absolute atomic E-state index is 15.1. The lowest BCUT2D eigenvalue weighted by Crippen LogP contribution is -2.32. The summed E-state index contributed by atoms with van der Waals surface area (Å²) in [6, 6.07) is 11.1. The maximum Gasteiger partial charge on any atom is 0.329 e. The molecule has 0 radical (unpaired) electrons. The first-order valence-electron chi connectivity index (χ1n) is 11.5. The fraction of sp³-hybridized carbons (Fsp3) is 0.231. The van der Waals surface area contributed by atoms with Crippen molar-refractivity contribution in [3.8, 4) is 21.8 Å². The van der Waals surface area contributed by atoms with E-state index in [-0.39, 0.29) is 23.1 Å². The zero-order chi connectivity index (χ0) is 26.5. The Kier molecular flexibility index (Phi) is 6.55. The summed E-state index contributed by atoms with van der Waals surface area (Å²) in [7, 11) is 0. The second kappa shape index (κ2) is 9.55. The highest BCUT2D eigenvalue weighted by atomic mass is 35.5. The minimum atomic E-state index is -0.499. The van der Waals surface area contributed by atoms with Gasteiger partial charge in [-0.05, 0) is 42.0 Å². The minimum absolute atomic E-state index is 0.138. The smallest absolute Gasteiger partial charge is 0.329 e. The number of rotatable bonds is 4. The normalized spacial score (nSPS) is 14.1. The Morgan fingerprint density at radius 3 is 2.46 bits per heavy atom. The Balaban J connectivity index is 1.56. The van der Waals surface area contributed by atoms with Crippen LogP contribution in [0.15, 0.2) is 48.7 Å². The fourth-order valence-corrected chi connectivity index (χ4v) is 5.45. The molecule has 0 atom stereocenters. The van der Waals surface area contributed by atoms with Gasteiger partial charge in [-0.25, -0.2) is 24.1 Å². The molecule has 1 aliphatic heterocycles. The van der Waals surface area contributed by atoms with E-state index in [1.807, 2.05) is 0 Å². The van der Waals surface area contributed by atoms with Gasteiger partial charge in [-0.1, -0.05) is 50.0 Å². The van der Waals surface area contributed by atoms with E-state index in [9.17, 15) is 4.79 Å². The van der Waals surface area contributed by atoms with Gasteiger partial charge in [-0.2, -0.15) is 0 Å². The van der Waals surface area contributed by atoms with Crippen LogP contribution in [0.5, 0.6) is 0 Å². The molecular weight excluding hydrogens is 534 g/mol. The van der Waals surface area contributed by atoms with Crippen molar-refractivity contribution in [2.45, 2.75) is 26.2 Å². The summed E-state index contributed by atoms with van der Waals surface area (Å²) in [6.45, 7) is 6.91. The van der Waals surface area contributed by atoms with Gasteiger partial charge >= 0.3 is 6.03 Å². The number of carbonyl (C=O) groups excluding carboxylic acids is 1. The lowest BCUT2D eigenvalue weighted by molar-refractivity contribution is 0.255. The van der Waals surface area contributed by atoms with E-state index in [0.29, 0.717) is 40.2 Å². The number of nitrogens with two attached hydrogens (primary N) is 1. The van der Waals surface area contributed by atoms with Crippen LogP contribution in [-0.2, 0) is 5.41 Å². The molecule has 3 heterocycles. The molecule has 2 aromatic carbocycles. The van der Waals surface area contributed by atoms with Crippen molar-refractivity contribution in [3.63, 3.8) is 0 Å². The second-order valence-electron chi connectivity index (χ2n) is 9.60. The molecule has 5 rings (SSSR count). The van der Waals surface area contributed by atoms with Crippen LogP contribution in [0.1, 0.15) is 25.8 Å². The van der Waals surface area contributed by atoms with Crippen LogP contribution in [-0.4, -0.2) is 34.1 Å². The quantitative estimate of drug-likeness (QED) is 0.291. The van der Waals surface area contributed by atoms with E-state index in [4.69, 9.17) is 33.9 Å². The Morgan fingerprint density at radius 2 is 1.76 bits per heavy atom. The van der Waals surface area contributed by atoms with Crippen LogP contribution < -0.4 is 15.5 Å². The van der Waals surface area contributed by atoms with Gasteiger partial charge < -0.3 is 5.73 Å². The number of halogens is 3. The number of nitrogen functional groups attached to an aromatic ring is 1. The molecule has 2 N–H and O–H groups in total. The van der Waals surface area contributed by atoms with Crippen molar-refractivity contribution in [1.82, 2.24) is 15.0 Å². The van der Waals surface area contributed by atoms with Gasteiger partial charge in [0.05, 0.1) is 31.3 Å². The van der Waals surface area contributed by atoms with Crippen LogP contribution in [0.2, 0.25) is 10.0 Å². The number of thiazole rings is 1. The summed E-state index contributed by atoms with van der Waals surface area (Å²) in [5.41, 5.74) is 8.32. The van der Waals surface area contributed by atoms with Crippen LogP contribution in [0.3, 0.4) is 0 Å². The predicted molar refractivity (Wildman–Crippen MR) is 148 cm³/mol. The molecule has 37 heavy (non-hydrogen) atoms. The Bertz CT molecular complexity index is 1520. The van der Waals surface area contributed by atoms with Crippen LogP contribution in [0, 0.1) is 5.82 Å². The largest absolute Gasteiger partial charge is 0.368 e. The van der Waals surface area contributed by atoms with Gasteiger partial charge in [0.15, 0.2) is 0 Å². The monoisotopic (exact) mass is 556 g/mol. The molecule has 0 saturated carbocycles. The van der Waals surface area contributed by atoms with Crippen molar-refractivity contribution in [2.24, 2.45) is 0 Å².